The molecule has 0 bridgehead atoms. The van der Waals surface area contributed by atoms with Gasteiger partial charge in [-0.25, -0.2) is 12.8 Å². The number of hydrogen-bond acceptors (Lipinski definition) is 4. The number of halogens is 1. The highest BCUT2D eigenvalue weighted by molar-refractivity contribution is 7.92. The van der Waals surface area contributed by atoms with Crippen LogP contribution in [0, 0.1) is 19.7 Å². The molecule has 3 rings (SSSR count). The number of amides is 1. The molecule has 0 aliphatic heterocycles. The highest BCUT2D eigenvalue weighted by Gasteiger charge is 2.19. The summed E-state index contributed by atoms with van der Waals surface area (Å²) in [7, 11) is -3.77. The summed E-state index contributed by atoms with van der Waals surface area (Å²) in [4.78, 5) is 12.6. The molecule has 0 fully saturated rings. The van der Waals surface area contributed by atoms with E-state index in [9.17, 15) is 17.6 Å². The predicted molar refractivity (Wildman–Crippen MR) is 123 cm³/mol. The van der Waals surface area contributed by atoms with E-state index in [4.69, 9.17) is 4.74 Å². The van der Waals surface area contributed by atoms with E-state index < -0.39 is 21.9 Å². The maximum Gasteiger partial charge on any atom is 0.265 e. The molecule has 0 heterocycles. The number of rotatable bonds is 8. The highest BCUT2D eigenvalue weighted by atomic mass is 32.2. The summed E-state index contributed by atoms with van der Waals surface area (Å²) in [6.07, 6.45) is -0.384. The van der Waals surface area contributed by atoms with E-state index in [0.29, 0.717) is 23.5 Å². The monoisotopic (exact) mass is 456 g/mol. The van der Waals surface area contributed by atoms with Crippen molar-refractivity contribution >= 4 is 27.3 Å². The molecule has 0 radical (unpaired) electrons. The van der Waals surface area contributed by atoms with Gasteiger partial charge in [0.15, 0.2) is 6.10 Å². The van der Waals surface area contributed by atoms with Crippen molar-refractivity contribution in [2.75, 3.05) is 10.0 Å². The van der Waals surface area contributed by atoms with Crippen molar-refractivity contribution in [2.45, 2.75) is 38.2 Å². The van der Waals surface area contributed by atoms with Crippen LogP contribution < -0.4 is 14.8 Å². The third kappa shape index (κ3) is 5.85. The number of carbonyl (C=O) groups excluding carboxylic acids is 1. The Hall–Kier alpha value is -3.39. The number of benzene rings is 3. The highest BCUT2D eigenvalue weighted by Crippen LogP contribution is 2.21. The lowest BCUT2D eigenvalue weighted by Crippen LogP contribution is -2.32. The summed E-state index contributed by atoms with van der Waals surface area (Å²) >= 11 is 0. The fraction of sp³-hybridized carbons (Fsp3) is 0.208. The van der Waals surface area contributed by atoms with E-state index in [-0.39, 0.29) is 10.8 Å². The lowest BCUT2D eigenvalue weighted by Gasteiger charge is -2.17. The minimum atomic E-state index is -3.77. The summed E-state index contributed by atoms with van der Waals surface area (Å²) < 4.78 is 46.6. The Labute approximate surface area is 187 Å². The molecular weight excluding hydrogens is 431 g/mol. The van der Waals surface area contributed by atoms with Crippen LogP contribution in [0.5, 0.6) is 5.75 Å². The van der Waals surface area contributed by atoms with E-state index >= 15 is 0 Å². The first-order valence-corrected chi connectivity index (χ1v) is 11.6. The average Bonchev–Trinajstić information content (AvgIpc) is 2.76. The minimum absolute atomic E-state index is 0.0725. The zero-order valence-electron chi connectivity index (χ0n) is 18.1. The van der Waals surface area contributed by atoms with Gasteiger partial charge in [-0.2, -0.15) is 0 Å². The van der Waals surface area contributed by atoms with Gasteiger partial charge in [-0.15, -0.1) is 0 Å². The Morgan fingerprint density at radius 3 is 2.16 bits per heavy atom. The van der Waals surface area contributed by atoms with Crippen LogP contribution in [-0.2, 0) is 14.8 Å². The van der Waals surface area contributed by atoms with Crippen molar-refractivity contribution in [2.24, 2.45) is 0 Å². The maximum atomic E-state index is 13.0. The average molecular weight is 457 g/mol. The third-order valence-electron chi connectivity index (χ3n) is 4.95. The number of hydrogen-bond donors (Lipinski definition) is 2. The molecule has 32 heavy (non-hydrogen) atoms. The number of carbonyl (C=O) groups is 1. The van der Waals surface area contributed by atoms with Gasteiger partial charge in [0.2, 0.25) is 0 Å². The SMILES string of the molecule is CC[C@H](Oc1ccc(F)cc1)C(=O)Nc1ccc(S(=O)(=O)Nc2ccc(C)c(C)c2)cc1. The number of ether oxygens (including phenoxy) is 1. The van der Waals surface area contributed by atoms with Crippen molar-refractivity contribution < 1.29 is 22.3 Å². The van der Waals surface area contributed by atoms with Gasteiger partial charge in [-0.1, -0.05) is 13.0 Å². The second-order valence-corrected chi connectivity index (χ2v) is 9.07. The first-order valence-electron chi connectivity index (χ1n) is 10.1. The lowest BCUT2D eigenvalue weighted by atomic mass is 10.1. The van der Waals surface area contributed by atoms with Crippen molar-refractivity contribution in [1.82, 2.24) is 0 Å². The molecule has 1 amide bonds. The topological polar surface area (TPSA) is 84.5 Å². The fourth-order valence-corrected chi connectivity index (χ4v) is 4.01. The summed E-state index contributed by atoms with van der Waals surface area (Å²) in [5.41, 5.74) is 2.97. The molecule has 0 aliphatic rings. The quantitative estimate of drug-likeness (QED) is 0.497. The second kappa shape index (κ2) is 9.82. The van der Waals surface area contributed by atoms with Gasteiger partial charge >= 0.3 is 0 Å². The van der Waals surface area contributed by atoms with Gasteiger partial charge in [0.05, 0.1) is 4.90 Å². The molecule has 0 saturated carbocycles. The smallest absolute Gasteiger partial charge is 0.265 e. The van der Waals surface area contributed by atoms with Crippen molar-refractivity contribution in [3.8, 4) is 5.75 Å². The predicted octanol–water partition coefficient (Wildman–Crippen LogP) is 5.04. The van der Waals surface area contributed by atoms with Crippen LogP contribution in [0.3, 0.4) is 0 Å². The summed E-state index contributed by atoms with van der Waals surface area (Å²) in [6, 6.07) is 16.6. The molecule has 0 saturated heterocycles. The molecule has 0 spiro atoms. The Bertz CT molecular complexity index is 1190. The maximum absolute atomic E-state index is 13.0. The van der Waals surface area contributed by atoms with E-state index in [0.717, 1.165) is 11.1 Å². The number of anilines is 2. The molecule has 1 atom stereocenters. The first kappa shape index (κ1) is 23.3. The van der Waals surface area contributed by atoms with Gasteiger partial charge in [0.25, 0.3) is 15.9 Å². The van der Waals surface area contributed by atoms with E-state index in [2.05, 4.69) is 10.0 Å². The summed E-state index contributed by atoms with van der Waals surface area (Å²) in [6.45, 7) is 5.66. The number of aryl methyl sites for hydroxylation is 2. The second-order valence-electron chi connectivity index (χ2n) is 7.39. The molecule has 6 nitrogen and oxygen atoms in total. The van der Waals surface area contributed by atoms with Gasteiger partial charge in [-0.05, 0) is 92.1 Å². The molecule has 0 aromatic heterocycles. The molecule has 0 aliphatic carbocycles. The lowest BCUT2D eigenvalue weighted by molar-refractivity contribution is -0.122. The normalized spacial score (nSPS) is 12.1. The van der Waals surface area contributed by atoms with E-state index in [1.54, 1.807) is 19.1 Å². The molecule has 0 unspecified atom stereocenters. The Kier molecular flexibility index (Phi) is 7.15. The van der Waals surface area contributed by atoms with Crippen molar-refractivity contribution in [1.29, 1.82) is 0 Å². The van der Waals surface area contributed by atoms with Gasteiger partial charge in [0, 0.05) is 11.4 Å². The van der Waals surface area contributed by atoms with Gasteiger partial charge in [0.1, 0.15) is 11.6 Å². The van der Waals surface area contributed by atoms with Crippen LogP contribution in [0.4, 0.5) is 15.8 Å². The Morgan fingerprint density at radius 2 is 1.56 bits per heavy atom. The Morgan fingerprint density at radius 1 is 0.938 bits per heavy atom. The molecule has 168 valence electrons. The summed E-state index contributed by atoms with van der Waals surface area (Å²) in [5, 5.41) is 2.71. The first-order chi connectivity index (χ1) is 15.2. The molecule has 2 N–H and O–H groups in total. The van der Waals surface area contributed by atoms with Gasteiger partial charge < -0.3 is 10.1 Å². The standard InChI is InChI=1S/C24H25FN2O4S/c1-4-23(31-21-11-6-18(25)7-12-21)24(28)26-19-9-13-22(14-10-19)32(29,30)27-20-8-5-16(2)17(3)15-20/h5-15,23,27H,4H2,1-3H3,(H,26,28)/t23-/m0/s1. The molecular formula is C24H25FN2O4S. The van der Waals surface area contributed by atoms with Crippen LogP contribution in [0.1, 0.15) is 24.5 Å². The van der Waals surface area contributed by atoms with Crippen molar-refractivity contribution in [3.63, 3.8) is 0 Å². The van der Waals surface area contributed by atoms with Crippen LogP contribution in [0.2, 0.25) is 0 Å². The van der Waals surface area contributed by atoms with Crippen molar-refractivity contribution in [3.05, 3.63) is 83.7 Å². The van der Waals surface area contributed by atoms with E-state index in [1.807, 2.05) is 19.9 Å². The molecule has 3 aromatic rings. The number of nitrogens with one attached hydrogen (secondary N) is 2. The van der Waals surface area contributed by atoms with E-state index in [1.165, 1.54) is 48.5 Å². The van der Waals surface area contributed by atoms with Crippen LogP contribution >= 0.6 is 0 Å². The van der Waals surface area contributed by atoms with Crippen LogP contribution in [-0.4, -0.2) is 20.4 Å². The third-order valence-corrected chi connectivity index (χ3v) is 6.34. The van der Waals surface area contributed by atoms with Crippen LogP contribution in [0.15, 0.2) is 71.6 Å². The summed E-state index contributed by atoms with van der Waals surface area (Å²) in [5.74, 6) is -0.398. The zero-order chi connectivity index (χ0) is 23.3. The van der Waals surface area contributed by atoms with Crippen LogP contribution in [0.25, 0.3) is 0 Å². The number of sulfonamides is 1. The zero-order valence-corrected chi connectivity index (χ0v) is 18.9. The van der Waals surface area contributed by atoms with Gasteiger partial charge in [-0.3, -0.25) is 9.52 Å². The Balaban J connectivity index is 1.66. The minimum Gasteiger partial charge on any atom is -0.481 e. The molecule has 8 heteroatoms. The molecule has 3 aromatic carbocycles. The largest absolute Gasteiger partial charge is 0.481 e. The fourth-order valence-electron chi connectivity index (χ4n) is 2.96.